The second-order valence-electron chi connectivity index (χ2n) is 4.10. The molecule has 2 N–H and O–H groups in total. The van der Waals surface area contributed by atoms with Crippen LogP contribution in [0.25, 0.3) is 0 Å². The average Bonchev–Trinajstić information content (AvgIpc) is 2.32. The molecule has 3 nitrogen and oxygen atoms in total. The van der Waals surface area contributed by atoms with Gasteiger partial charge in [-0.1, -0.05) is 23.8 Å². The molecule has 17 heavy (non-hydrogen) atoms. The summed E-state index contributed by atoms with van der Waals surface area (Å²) in [5.74, 6) is 1.35. The van der Waals surface area contributed by atoms with E-state index in [2.05, 4.69) is 4.98 Å². The van der Waals surface area contributed by atoms with E-state index in [0.717, 1.165) is 11.3 Å². The molecular formula is C14H16N2O. The maximum Gasteiger partial charge on any atom is 0.223 e. The SMILES string of the molecule is Cc1ccc(Oc2ncccc2C(C)N)cc1. The molecule has 0 bridgehead atoms. The Balaban J connectivity index is 2.26. The molecule has 0 fully saturated rings. The monoisotopic (exact) mass is 228 g/mol. The van der Waals surface area contributed by atoms with Gasteiger partial charge in [-0.3, -0.25) is 0 Å². The normalized spacial score (nSPS) is 12.2. The topological polar surface area (TPSA) is 48.1 Å². The van der Waals surface area contributed by atoms with Gasteiger partial charge in [0, 0.05) is 17.8 Å². The van der Waals surface area contributed by atoms with E-state index in [-0.39, 0.29) is 6.04 Å². The Morgan fingerprint density at radius 1 is 1.18 bits per heavy atom. The Labute approximate surface area is 101 Å². The van der Waals surface area contributed by atoms with Crippen molar-refractivity contribution in [2.75, 3.05) is 0 Å². The van der Waals surface area contributed by atoms with Gasteiger partial charge in [0.05, 0.1) is 0 Å². The van der Waals surface area contributed by atoms with E-state index in [1.54, 1.807) is 6.20 Å². The predicted octanol–water partition coefficient (Wildman–Crippen LogP) is 3.20. The number of aryl methyl sites for hydroxylation is 1. The molecule has 0 saturated carbocycles. The van der Waals surface area contributed by atoms with Crippen LogP contribution in [-0.4, -0.2) is 4.98 Å². The summed E-state index contributed by atoms with van der Waals surface area (Å²) in [7, 11) is 0. The zero-order valence-electron chi connectivity index (χ0n) is 10.1. The Morgan fingerprint density at radius 2 is 1.88 bits per heavy atom. The minimum absolute atomic E-state index is 0.0934. The lowest BCUT2D eigenvalue weighted by atomic mass is 10.1. The molecule has 0 aliphatic rings. The van der Waals surface area contributed by atoms with Crippen LogP contribution >= 0.6 is 0 Å². The molecule has 3 heteroatoms. The number of nitrogens with two attached hydrogens (primary N) is 1. The van der Waals surface area contributed by atoms with Crippen LogP contribution in [0, 0.1) is 6.92 Å². The van der Waals surface area contributed by atoms with Crippen LogP contribution in [0.1, 0.15) is 24.1 Å². The van der Waals surface area contributed by atoms with Gasteiger partial charge in [0.1, 0.15) is 5.75 Å². The van der Waals surface area contributed by atoms with Gasteiger partial charge in [0.25, 0.3) is 0 Å². The van der Waals surface area contributed by atoms with Crippen molar-refractivity contribution in [2.24, 2.45) is 5.73 Å². The molecule has 1 aromatic carbocycles. The first-order valence-corrected chi connectivity index (χ1v) is 5.62. The molecule has 0 spiro atoms. The number of hydrogen-bond donors (Lipinski definition) is 1. The predicted molar refractivity (Wildman–Crippen MR) is 68.1 cm³/mol. The van der Waals surface area contributed by atoms with Crippen molar-refractivity contribution in [3.63, 3.8) is 0 Å². The fraction of sp³-hybridized carbons (Fsp3) is 0.214. The molecule has 0 saturated heterocycles. The van der Waals surface area contributed by atoms with Crippen LogP contribution in [0.5, 0.6) is 11.6 Å². The molecule has 0 aliphatic heterocycles. The largest absolute Gasteiger partial charge is 0.439 e. The Bertz CT molecular complexity index is 492. The van der Waals surface area contributed by atoms with Gasteiger partial charge in [-0.05, 0) is 32.0 Å². The van der Waals surface area contributed by atoms with E-state index >= 15 is 0 Å². The van der Waals surface area contributed by atoms with Gasteiger partial charge in [0.2, 0.25) is 5.88 Å². The van der Waals surface area contributed by atoms with Gasteiger partial charge >= 0.3 is 0 Å². The second kappa shape index (κ2) is 4.97. The summed E-state index contributed by atoms with van der Waals surface area (Å²) < 4.78 is 5.73. The molecule has 0 amide bonds. The Kier molecular flexibility index (Phi) is 3.40. The number of hydrogen-bond acceptors (Lipinski definition) is 3. The number of aromatic nitrogens is 1. The van der Waals surface area contributed by atoms with Crippen LogP contribution in [0.4, 0.5) is 0 Å². The van der Waals surface area contributed by atoms with Crippen molar-refractivity contribution in [2.45, 2.75) is 19.9 Å². The van der Waals surface area contributed by atoms with Gasteiger partial charge in [0.15, 0.2) is 0 Å². The summed E-state index contributed by atoms with van der Waals surface area (Å²) >= 11 is 0. The Morgan fingerprint density at radius 3 is 2.53 bits per heavy atom. The smallest absolute Gasteiger partial charge is 0.223 e. The maximum absolute atomic E-state index is 5.87. The zero-order chi connectivity index (χ0) is 12.3. The van der Waals surface area contributed by atoms with E-state index in [9.17, 15) is 0 Å². The van der Waals surface area contributed by atoms with Gasteiger partial charge in [-0.25, -0.2) is 4.98 Å². The highest BCUT2D eigenvalue weighted by molar-refractivity contribution is 5.34. The van der Waals surface area contributed by atoms with Crippen molar-refractivity contribution in [3.05, 3.63) is 53.7 Å². The van der Waals surface area contributed by atoms with Gasteiger partial charge < -0.3 is 10.5 Å². The van der Waals surface area contributed by atoms with Gasteiger partial charge in [-0.2, -0.15) is 0 Å². The first-order valence-electron chi connectivity index (χ1n) is 5.62. The van der Waals surface area contributed by atoms with Crippen molar-refractivity contribution in [1.29, 1.82) is 0 Å². The summed E-state index contributed by atoms with van der Waals surface area (Å²) in [4.78, 5) is 4.22. The third-order valence-electron chi connectivity index (χ3n) is 2.53. The molecule has 88 valence electrons. The highest BCUT2D eigenvalue weighted by Gasteiger charge is 2.09. The minimum atomic E-state index is -0.0934. The van der Waals surface area contributed by atoms with Crippen LogP contribution < -0.4 is 10.5 Å². The third-order valence-corrected chi connectivity index (χ3v) is 2.53. The molecule has 0 radical (unpaired) electrons. The van der Waals surface area contributed by atoms with E-state index in [0.29, 0.717) is 5.88 Å². The summed E-state index contributed by atoms with van der Waals surface area (Å²) in [6.45, 7) is 3.96. The van der Waals surface area contributed by atoms with Crippen molar-refractivity contribution in [1.82, 2.24) is 4.98 Å². The summed E-state index contributed by atoms with van der Waals surface area (Å²) in [5, 5.41) is 0. The molecule has 1 heterocycles. The standard InChI is InChI=1S/C14H16N2O/c1-10-5-7-12(8-6-10)17-14-13(11(2)15)4-3-9-16-14/h3-9,11H,15H2,1-2H3. The number of ether oxygens (including phenoxy) is 1. The highest BCUT2D eigenvalue weighted by Crippen LogP contribution is 2.26. The van der Waals surface area contributed by atoms with E-state index in [1.807, 2.05) is 50.2 Å². The number of benzene rings is 1. The van der Waals surface area contributed by atoms with E-state index < -0.39 is 0 Å². The van der Waals surface area contributed by atoms with Crippen LogP contribution in [0.3, 0.4) is 0 Å². The number of nitrogens with zero attached hydrogens (tertiary/aromatic N) is 1. The Hall–Kier alpha value is -1.87. The molecule has 0 aliphatic carbocycles. The van der Waals surface area contributed by atoms with Crippen LogP contribution in [-0.2, 0) is 0 Å². The average molecular weight is 228 g/mol. The summed E-state index contributed by atoms with van der Waals surface area (Å²) in [6.07, 6.45) is 1.70. The molecule has 2 aromatic rings. The number of rotatable bonds is 3. The third kappa shape index (κ3) is 2.82. The van der Waals surface area contributed by atoms with Crippen LogP contribution in [0.15, 0.2) is 42.6 Å². The highest BCUT2D eigenvalue weighted by atomic mass is 16.5. The van der Waals surface area contributed by atoms with Crippen LogP contribution in [0.2, 0.25) is 0 Å². The fourth-order valence-electron chi connectivity index (χ4n) is 1.55. The molecule has 2 rings (SSSR count). The summed E-state index contributed by atoms with van der Waals surface area (Å²) in [5.41, 5.74) is 7.98. The quantitative estimate of drug-likeness (QED) is 0.877. The number of pyridine rings is 1. The van der Waals surface area contributed by atoms with Crippen molar-refractivity contribution >= 4 is 0 Å². The fourth-order valence-corrected chi connectivity index (χ4v) is 1.55. The van der Waals surface area contributed by atoms with Gasteiger partial charge in [-0.15, -0.1) is 0 Å². The van der Waals surface area contributed by atoms with Crippen molar-refractivity contribution < 1.29 is 4.74 Å². The lowest BCUT2D eigenvalue weighted by Gasteiger charge is -2.12. The first-order chi connectivity index (χ1) is 8.16. The first kappa shape index (κ1) is 11.6. The minimum Gasteiger partial charge on any atom is -0.439 e. The molecular weight excluding hydrogens is 212 g/mol. The van der Waals surface area contributed by atoms with Crippen molar-refractivity contribution in [3.8, 4) is 11.6 Å². The van der Waals surface area contributed by atoms with E-state index in [1.165, 1.54) is 5.56 Å². The summed E-state index contributed by atoms with van der Waals surface area (Å²) in [6, 6.07) is 11.6. The lowest BCUT2D eigenvalue weighted by Crippen LogP contribution is -2.07. The second-order valence-corrected chi connectivity index (χ2v) is 4.10. The maximum atomic E-state index is 5.87. The molecule has 1 aromatic heterocycles. The zero-order valence-corrected chi connectivity index (χ0v) is 10.1. The molecule has 1 atom stereocenters. The van der Waals surface area contributed by atoms with E-state index in [4.69, 9.17) is 10.5 Å². The molecule has 1 unspecified atom stereocenters. The lowest BCUT2D eigenvalue weighted by molar-refractivity contribution is 0.452.